The first-order chi connectivity index (χ1) is 10.1. The molecule has 0 radical (unpaired) electrons. The topological polar surface area (TPSA) is 44.4 Å². The van der Waals surface area contributed by atoms with E-state index in [1.807, 2.05) is 7.05 Å². The summed E-state index contributed by atoms with van der Waals surface area (Å²) in [5.74, 6) is -1.14. The van der Waals surface area contributed by atoms with Crippen LogP contribution in [0.1, 0.15) is 12.8 Å². The Balaban J connectivity index is 0.00000242. The summed E-state index contributed by atoms with van der Waals surface area (Å²) < 4.78 is 26.3. The van der Waals surface area contributed by atoms with Gasteiger partial charge in [-0.1, -0.05) is 0 Å². The van der Waals surface area contributed by atoms with Crippen LogP contribution in [0.4, 0.5) is 14.5 Å². The molecule has 7 heteroatoms. The molecule has 0 saturated carbocycles. The number of halogens is 3. The molecule has 0 spiro atoms. The van der Waals surface area contributed by atoms with Gasteiger partial charge in [-0.15, -0.1) is 12.4 Å². The Morgan fingerprint density at radius 3 is 2.86 bits per heavy atom. The number of amides is 1. The quantitative estimate of drug-likeness (QED) is 0.868. The van der Waals surface area contributed by atoms with Crippen molar-refractivity contribution in [1.82, 2.24) is 10.2 Å². The van der Waals surface area contributed by atoms with E-state index in [9.17, 15) is 13.6 Å². The minimum absolute atomic E-state index is 0. The molecule has 124 valence electrons. The van der Waals surface area contributed by atoms with Gasteiger partial charge < -0.3 is 10.6 Å². The molecule has 2 rings (SSSR count). The zero-order valence-corrected chi connectivity index (χ0v) is 13.4. The van der Waals surface area contributed by atoms with E-state index in [1.165, 1.54) is 6.07 Å². The second-order valence-electron chi connectivity index (χ2n) is 5.47. The molecule has 1 atom stereocenters. The molecule has 2 N–H and O–H groups in total. The molecule has 1 aromatic carbocycles. The van der Waals surface area contributed by atoms with Gasteiger partial charge in [0.25, 0.3) is 0 Å². The maximum Gasteiger partial charge on any atom is 0.238 e. The lowest BCUT2D eigenvalue weighted by Gasteiger charge is -2.32. The minimum Gasteiger partial charge on any atom is -0.322 e. The van der Waals surface area contributed by atoms with E-state index in [0.717, 1.165) is 44.6 Å². The van der Waals surface area contributed by atoms with Crippen molar-refractivity contribution in [3.63, 3.8) is 0 Å². The summed E-state index contributed by atoms with van der Waals surface area (Å²) in [6.45, 7) is 2.90. The van der Waals surface area contributed by atoms with Crippen LogP contribution in [0.15, 0.2) is 18.2 Å². The lowest BCUT2D eigenvalue weighted by Crippen LogP contribution is -2.42. The fraction of sp³-hybridized carbons (Fsp3) is 0.533. The molecular weight excluding hydrogens is 312 g/mol. The van der Waals surface area contributed by atoms with E-state index in [2.05, 4.69) is 15.5 Å². The van der Waals surface area contributed by atoms with Crippen molar-refractivity contribution < 1.29 is 13.6 Å². The number of rotatable bonds is 5. The monoisotopic (exact) mass is 333 g/mol. The molecule has 1 aliphatic heterocycles. The summed E-state index contributed by atoms with van der Waals surface area (Å²) in [6, 6.07) is 3.13. The highest BCUT2D eigenvalue weighted by Gasteiger charge is 2.21. The highest BCUT2D eigenvalue weighted by atomic mass is 35.5. The van der Waals surface area contributed by atoms with Crippen LogP contribution < -0.4 is 10.6 Å². The van der Waals surface area contributed by atoms with E-state index < -0.39 is 11.6 Å². The Kier molecular flexibility index (Phi) is 7.72. The molecule has 1 saturated heterocycles. The van der Waals surface area contributed by atoms with Crippen molar-refractivity contribution in [3.05, 3.63) is 29.8 Å². The SMILES string of the molecule is CNCC1CCCN(CC(=O)Nc2ccc(F)cc2F)C1.Cl. The zero-order valence-electron chi connectivity index (χ0n) is 12.6. The number of likely N-dealkylation sites (tertiary alicyclic amines) is 1. The third-order valence-electron chi connectivity index (χ3n) is 3.67. The molecule has 0 aromatic heterocycles. The normalized spacial score (nSPS) is 18.6. The average Bonchev–Trinajstić information content (AvgIpc) is 2.43. The van der Waals surface area contributed by atoms with Gasteiger partial charge in [0.1, 0.15) is 11.6 Å². The van der Waals surface area contributed by atoms with Crippen LogP contribution in [0.3, 0.4) is 0 Å². The first kappa shape index (κ1) is 18.8. The summed E-state index contributed by atoms with van der Waals surface area (Å²) in [7, 11) is 1.92. The number of hydrogen-bond acceptors (Lipinski definition) is 3. The van der Waals surface area contributed by atoms with Gasteiger partial charge in [-0.05, 0) is 51.0 Å². The van der Waals surface area contributed by atoms with Crippen molar-refractivity contribution in [1.29, 1.82) is 0 Å². The third-order valence-corrected chi connectivity index (χ3v) is 3.67. The first-order valence-corrected chi connectivity index (χ1v) is 7.20. The van der Waals surface area contributed by atoms with Gasteiger partial charge >= 0.3 is 0 Å². The number of benzene rings is 1. The molecule has 4 nitrogen and oxygen atoms in total. The largest absolute Gasteiger partial charge is 0.322 e. The summed E-state index contributed by atoms with van der Waals surface area (Å²) in [4.78, 5) is 14.0. The van der Waals surface area contributed by atoms with Crippen LogP contribution in [-0.4, -0.2) is 44.0 Å². The molecule has 0 aliphatic carbocycles. The molecule has 0 bridgehead atoms. The fourth-order valence-electron chi connectivity index (χ4n) is 2.73. The Hall–Kier alpha value is -1.24. The molecular formula is C15H22ClF2N3O. The van der Waals surface area contributed by atoms with Crippen LogP contribution in [0.5, 0.6) is 0 Å². The Morgan fingerprint density at radius 1 is 1.41 bits per heavy atom. The minimum atomic E-state index is -0.755. The van der Waals surface area contributed by atoms with Crippen molar-refractivity contribution in [2.45, 2.75) is 12.8 Å². The standard InChI is InChI=1S/C15H21F2N3O.ClH/c1-18-8-11-3-2-6-20(9-11)10-15(21)19-14-5-4-12(16)7-13(14)17;/h4-5,7,11,18H,2-3,6,8-10H2,1H3,(H,19,21);1H. The van der Waals surface area contributed by atoms with Gasteiger partial charge in [0, 0.05) is 12.6 Å². The molecule has 1 aromatic rings. The predicted octanol–water partition coefficient (Wildman–Crippen LogP) is 2.26. The molecule has 1 aliphatic rings. The van der Waals surface area contributed by atoms with E-state index >= 15 is 0 Å². The third kappa shape index (κ3) is 5.51. The van der Waals surface area contributed by atoms with Gasteiger partial charge in [-0.2, -0.15) is 0 Å². The van der Waals surface area contributed by atoms with Crippen LogP contribution in [0, 0.1) is 17.6 Å². The molecule has 1 amide bonds. The lowest BCUT2D eigenvalue weighted by atomic mass is 9.98. The van der Waals surface area contributed by atoms with E-state index in [4.69, 9.17) is 0 Å². The Morgan fingerprint density at radius 2 is 2.18 bits per heavy atom. The summed E-state index contributed by atoms with van der Waals surface area (Å²) >= 11 is 0. The number of carbonyl (C=O) groups is 1. The summed E-state index contributed by atoms with van der Waals surface area (Å²) in [5.41, 5.74) is 0.0187. The molecule has 1 heterocycles. The second kappa shape index (κ2) is 9.02. The van der Waals surface area contributed by atoms with Crippen LogP contribution in [-0.2, 0) is 4.79 Å². The zero-order chi connectivity index (χ0) is 15.2. The summed E-state index contributed by atoms with van der Waals surface area (Å²) in [5, 5.41) is 5.65. The number of carbonyl (C=O) groups excluding carboxylic acids is 1. The van der Waals surface area contributed by atoms with Gasteiger partial charge in [0.15, 0.2) is 0 Å². The maximum absolute atomic E-state index is 13.5. The predicted molar refractivity (Wildman–Crippen MR) is 85.3 cm³/mol. The molecule has 1 fully saturated rings. The van der Waals surface area contributed by atoms with Crippen molar-refractivity contribution in [2.75, 3.05) is 38.5 Å². The maximum atomic E-state index is 13.5. The van der Waals surface area contributed by atoms with Crippen molar-refractivity contribution in [2.24, 2.45) is 5.92 Å². The Bertz CT molecular complexity index is 500. The second-order valence-corrected chi connectivity index (χ2v) is 5.47. The van der Waals surface area contributed by atoms with E-state index in [0.29, 0.717) is 5.92 Å². The number of piperidine rings is 1. The van der Waals surface area contributed by atoms with Gasteiger partial charge in [0.2, 0.25) is 5.91 Å². The van der Waals surface area contributed by atoms with Crippen LogP contribution >= 0.6 is 12.4 Å². The van der Waals surface area contributed by atoms with Crippen molar-refractivity contribution in [3.8, 4) is 0 Å². The number of nitrogens with one attached hydrogen (secondary N) is 2. The number of nitrogens with zero attached hydrogens (tertiary/aromatic N) is 1. The van der Waals surface area contributed by atoms with Crippen LogP contribution in [0.2, 0.25) is 0 Å². The van der Waals surface area contributed by atoms with Crippen molar-refractivity contribution >= 4 is 24.0 Å². The fourth-order valence-corrected chi connectivity index (χ4v) is 2.73. The highest BCUT2D eigenvalue weighted by molar-refractivity contribution is 5.92. The highest BCUT2D eigenvalue weighted by Crippen LogP contribution is 2.17. The number of hydrogen-bond donors (Lipinski definition) is 2. The number of anilines is 1. The van der Waals surface area contributed by atoms with E-state index in [1.54, 1.807) is 0 Å². The van der Waals surface area contributed by atoms with Gasteiger partial charge in [-0.3, -0.25) is 9.69 Å². The average molecular weight is 334 g/mol. The molecule has 1 unspecified atom stereocenters. The first-order valence-electron chi connectivity index (χ1n) is 7.20. The smallest absolute Gasteiger partial charge is 0.238 e. The molecule has 22 heavy (non-hydrogen) atoms. The lowest BCUT2D eigenvalue weighted by molar-refractivity contribution is -0.117. The Labute approximate surface area is 135 Å². The van der Waals surface area contributed by atoms with E-state index in [-0.39, 0.29) is 30.5 Å². The van der Waals surface area contributed by atoms with Crippen LogP contribution in [0.25, 0.3) is 0 Å². The summed E-state index contributed by atoms with van der Waals surface area (Å²) in [6.07, 6.45) is 2.22. The van der Waals surface area contributed by atoms with Gasteiger partial charge in [0.05, 0.1) is 12.2 Å². The van der Waals surface area contributed by atoms with Gasteiger partial charge in [-0.25, -0.2) is 8.78 Å².